The molecule has 21 heavy (non-hydrogen) atoms. The van der Waals surface area contributed by atoms with Crippen LogP contribution in [0.5, 0.6) is 0 Å². The first-order chi connectivity index (χ1) is 10.2. The van der Waals surface area contributed by atoms with Crippen LogP contribution in [0.25, 0.3) is 0 Å². The summed E-state index contributed by atoms with van der Waals surface area (Å²) >= 11 is 5.64. The Morgan fingerprint density at radius 1 is 1.24 bits per heavy atom. The fraction of sp³-hybridized carbons (Fsp3) is 0.267. The lowest BCUT2D eigenvalue weighted by atomic mass is 10.1. The lowest BCUT2D eigenvalue weighted by molar-refractivity contribution is -0.118. The average molecular weight is 301 g/mol. The SMILES string of the molecule is N#CC(C#N)=CN1CCN(C(=O)CCCl)c2ccccc21. The summed E-state index contributed by atoms with van der Waals surface area (Å²) in [5.41, 5.74) is 1.60. The molecule has 1 aliphatic heterocycles. The maximum Gasteiger partial charge on any atom is 0.228 e. The maximum atomic E-state index is 12.1. The summed E-state index contributed by atoms with van der Waals surface area (Å²) in [5.74, 6) is 0.260. The van der Waals surface area contributed by atoms with Crippen molar-refractivity contribution in [2.24, 2.45) is 0 Å². The molecule has 106 valence electrons. The smallest absolute Gasteiger partial charge is 0.228 e. The Labute approximate surface area is 128 Å². The minimum absolute atomic E-state index is 0.0260. The van der Waals surface area contributed by atoms with E-state index in [1.807, 2.05) is 41.3 Å². The molecule has 2 rings (SSSR count). The molecule has 0 spiro atoms. The van der Waals surface area contributed by atoms with Crippen LogP contribution < -0.4 is 9.80 Å². The third-order valence-corrected chi connectivity index (χ3v) is 3.37. The quantitative estimate of drug-likeness (QED) is 0.635. The number of allylic oxidation sites excluding steroid dienone is 1. The van der Waals surface area contributed by atoms with Crippen LogP contribution in [0.4, 0.5) is 11.4 Å². The van der Waals surface area contributed by atoms with E-state index in [0.717, 1.165) is 11.4 Å². The van der Waals surface area contributed by atoms with Crippen LogP contribution >= 0.6 is 11.6 Å². The summed E-state index contributed by atoms with van der Waals surface area (Å²) in [6.07, 6.45) is 1.80. The van der Waals surface area contributed by atoms with Crippen molar-refractivity contribution in [1.82, 2.24) is 0 Å². The Bertz CT molecular complexity index is 640. The minimum atomic E-state index is -0.0260. The molecule has 0 unspecified atom stereocenters. The van der Waals surface area contributed by atoms with Crippen LogP contribution in [0.15, 0.2) is 36.0 Å². The molecule has 0 saturated heterocycles. The van der Waals surface area contributed by atoms with E-state index in [2.05, 4.69) is 0 Å². The molecule has 6 heteroatoms. The molecule has 0 bridgehead atoms. The van der Waals surface area contributed by atoms with Gasteiger partial charge in [0.15, 0.2) is 0 Å². The highest BCUT2D eigenvalue weighted by atomic mass is 35.5. The first kappa shape index (κ1) is 14.9. The van der Waals surface area contributed by atoms with Gasteiger partial charge < -0.3 is 9.80 Å². The normalized spacial score (nSPS) is 12.9. The van der Waals surface area contributed by atoms with Gasteiger partial charge in [-0.2, -0.15) is 10.5 Å². The van der Waals surface area contributed by atoms with Crippen LogP contribution in [0, 0.1) is 22.7 Å². The Hall–Kier alpha value is -2.50. The maximum absolute atomic E-state index is 12.1. The molecular formula is C15H13ClN4O. The number of nitriles is 2. The third kappa shape index (κ3) is 3.16. The van der Waals surface area contributed by atoms with Crippen LogP contribution in [0.1, 0.15) is 6.42 Å². The lowest BCUT2D eigenvalue weighted by Crippen LogP contribution is -2.42. The number of benzene rings is 1. The van der Waals surface area contributed by atoms with Gasteiger partial charge in [-0.15, -0.1) is 11.6 Å². The summed E-state index contributed by atoms with van der Waals surface area (Å²) in [4.78, 5) is 15.6. The van der Waals surface area contributed by atoms with Gasteiger partial charge in [0.2, 0.25) is 5.91 Å². The van der Waals surface area contributed by atoms with Crippen LogP contribution in [0.2, 0.25) is 0 Å². The second-order valence-electron chi connectivity index (χ2n) is 4.43. The standard InChI is InChI=1S/C15H13ClN4O/c16-6-5-15(21)20-8-7-19(11-12(9-17)10-18)13-3-1-2-4-14(13)20/h1-4,11H,5-8H2. The zero-order valence-electron chi connectivity index (χ0n) is 11.3. The third-order valence-electron chi connectivity index (χ3n) is 3.18. The van der Waals surface area contributed by atoms with Gasteiger partial charge >= 0.3 is 0 Å². The Morgan fingerprint density at radius 3 is 2.52 bits per heavy atom. The number of fused-ring (bicyclic) bond motifs is 1. The number of rotatable bonds is 3. The van der Waals surface area contributed by atoms with Gasteiger partial charge in [0.25, 0.3) is 0 Å². The Morgan fingerprint density at radius 2 is 1.90 bits per heavy atom. The summed E-state index contributed by atoms with van der Waals surface area (Å²) < 4.78 is 0. The van der Waals surface area contributed by atoms with E-state index in [4.69, 9.17) is 22.1 Å². The van der Waals surface area contributed by atoms with Crippen molar-refractivity contribution < 1.29 is 4.79 Å². The van der Waals surface area contributed by atoms with Gasteiger partial charge in [-0.1, -0.05) is 12.1 Å². The molecule has 0 N–H and O–H groups in total. The van der Waals surface area contributed by atoms with Gasteiger partial charge in [-0.05, 0) is 12.1 Å². The van der Waals surface area contributed by atoms with Crippen molar-refractivity contribution >= 4 is 28.9 Å². The molecule has 0 saturated carbocycles. The number of amides is 1. The highest BCUT2D eigenvalue weighted by Crippen LogP contribution is 2.33. The second kappa shape index (κ2) is 6.78. The van der Waals surface area contributed by atoms with Crippen molar-refractivity contribution in [1.29, 1.82) is 10.5 Å². The van der Waals surface area contributed by atoms with Crippen molar-refractivity contribution in [2.75, 3.05) is 28.8 Å². The molecule has 0 aromatic heterocycles. The molecule has 0 fully saturated rings. The largest absolute Gasteiger partial charge is 0.342 e. The van der Waals surface area contributed by atoms with Gasteiger partial charge in [0, 0.05) is 31.6 Å². The summed E-state index contributed by atoms with van der Waals surface area (Å²) in [6.45, 7) is 1.02. The van der Waals surface area contributed by atoms with Crippen LogP contribution in [-0.2, 0) is 4.79 Å². The van der Waals surface area contributed by atoms with Crippen LogP contribution in [0.3, 0.4) is 0 Å². The van der Waals surface area contributed by atoms with E-state index in [-0.39, 0.29) is 23.8 Å². The Balaban J connectivity index is 2.38. The number of halogens is 1. The zero-order valence-corrected chi connectivity index (χ0v) is 12.0. The molecule has 1 amide bonds. The Kier molecular flexibility index (Phi) is 4.81. The number of alkyl halides is 1. The number of anilines is 2. The number of carbonyl (C=O) groups is 1. The van der Waals surface area contributed by atoms with Crippen molar-refractivity contribution in [3.05, 3.63) is 36.0 Å². The number of hydrogen-bond acceptors (Lipinski definition) is 4. The predicted octanol–water partition coefficient (Wildman–Crippen LogP) is 2.40. The average Bonchev–Trinajstić information content (AvgIpc) is 2.52. The monoisotopic (exact) mass is 300 g/mol. The fourth-order valence-electron chi connectivity index (χ4n) is 2.23. The highest BCUT2D eigenvalue weighted by molar-refractivity contribution is 6.19. The van der Waals surface area contributed by atoms with E-state index >= 15 is 0 Å². The molecule has 0 aliphatic carbocycles. The molecule has 1 aliphatic rings. The zero-order chi connectivity index (χ0) is 15.2. The van der Waals surface area contributed by atoms with Crippen molar-refractivity contribution in [3.8, 4) is 12.1 Å². The van der Waals surface area contributed by atoms with E-state index in [1.54, 1.807) is 4.90 Å². The van der Waals surface area contributed by atoms with E-state index in [0.29, 0.717) is 13.1 Å². The van der Waals surface area contributed by atoms with Gasteiger partial charge in [0.05, 0.1) is 11.4 Å². The first-order valence-corrected chi connectivity index (χ1v) is 6.98. The molecule has 1 aromatic carbocycles. The topological polar surface area (TPSA) is 71.1 Å². The molecule has 0 atom stereocenters. The molecule has 1 heterocycles. The molecule has 1 aromatic rings. The molecule has 5 nitrogen and oxygen atoms in total. The van der Waals surface area contributed by atoms with Gasteiger partial charge in [0.1, 0.15) is 17.7 Å². The first-order valence-electron chi connectivity index (χ1n) is 6.45. The van der Waals surface area contributed by atoms with Gasteiger partial charge in [-0.25, -0.2) is 0 Å². The van der Waals surface area contributed by atoms with Crippen molar-refractivity contribution in [2.45, 2.75) is 6.42 Å². The van der Waals surface area contributed by atoms with E-state index in [1.165, 1.54) is 6.20 Å². The number of hydrogen-bond donors (Lipinski definition) is 0. The van der Waals surface area contributed by atoms with Gasteiger partial charge in [-0.3, -0.25) is 4.79 Å². The number of nitrogens with zero attached hydrogens (tertiary/aromatic N) is 4. The molecular weight excluding hydrogens is 288 g/mol. The van der Waals surface area contributed by atoms with Crippen LogP contribution in [-0.4, -0.2) is 24.9 Å². The van der Waals surface area contributed by atoms with Crippen molar-refractivity contribution in [3.63, 3.8) is 0 Å². The number of carbonyl (C=O) groups excluding carboxylic acids is 1. The molecule has 0 radical (unpaired) electrons. The minimum Gasteiger partial charge on any atom is -0.342 e. The number of para-hydroxylation sites is 2. The summed E-state index contributed by atoms with van der Waals surface area (Å²) in [6, 6.07) is 11.1. The predicted molar refractivity (Wildman–Crippen MR) is 80.8 cm³/mol. The highest BCUT2D eigenvalue weighted by Gasteiger charge is 2.25. The lowest BCUT2D eigenvalue weighted by Gasteiger charge is -2.36. The van der Waals surface area contributed by atoms with E-state index in [9.17, 15) is 4.79 Å². The van der Waals surface area contributed by atoms with E-state index < -0.39 is 0 Å². The second-order valence-corrected chi connectivity index (χ2v) is 4.81. The summed E-state index contributed by atoms with van der Waals surface area (Å²) in [5, 5.41) is 17.7. The fourth-order valence-corrected chi connectivity index (χ4v) is 2.39. The summed E-state index contributed by atoms with van der Waals surface area (Å²) in [7, 11) is 0.